The van der Waals surface area contributed by atoms with E-state index in [2.05, 4.69) is 0 Å². The average Bonchev–Trinajstić information content (AvgIpc) is 3.05. The van der Waals surface area contributed by atoms with Crippen molar-refractivity contribution in [2.75, 3.05) is 26.2 Å². The molecule has 0 radical (unpaired) electrons. The van der Waals surface area contributed by atoms with Gasteiger partial charge in [-0.15, -0.1) is 0 Å². The molecule has 0 aliphatic carbocycles. The van der Waals surface area contributed by atoms with E-state index in [0.717, 1.165) is 4.90 Å². The zero-order chi connectivity index (χ0) is 23.2. The Morgan fingerprint density at radius 3 is 2.00 bits per heavy atom. The summed E-state index contributed by atoms with van der Waals surface area (Å²) in [6.45, 7) is 3.05. The van der Waals surface area contributed by atoms with E-state index in [1.165, 1.54) is 0 Å². The first-order valence-corrected chi connectivity index (χ1v) is 9.51. The van der Waals surface area contributed by atoms with Crippen molar-refractivity contribution in [3.05, 3.63) is 34.9 Å². The summed E-state index contributed by atoms with van der Waals surface area (Å²) in [5.41, 5.74) is -5.59. The standard InChI is InChI=1S/C19H20F6N2O4/c1-2-26-5-3-17(4-6-26)27(14(10-31-17)16(29)30)15(28)11-7-12(18(20,21)22)9-13(8-11)19(23,24)25/h7-9,14H,2-6,10H2,1H3,(H,29,30)/t14-/m1/s1. The van der Waals surface area contributed by atoms with Crippen molar-refractivity contribution in [1.29, 1.82) is 0 Å². The zero-order valence-electron chi connectivity index (χ0n) is 16.4. The first-order chi connectivity index (χ1) is 14.3. The van der Waals surface area contributed by atoms with E-state index in [9.17, 15) is 41.0 Å². The number of amides is 1. The molecule has 31 heavy (non-hydrogen) atoms. The number of likely N-dealkylation sites (tertiary alicyclic amines) is 1. The van der Waals surface area contributed by atoms with Gasteiger partial charge in [-0.25, -0.2) is 4.79 Å². The van der Waals surface area contributed by atoms with Crippen molar-refractivity contribution in [3.63, 3.8) is 0 Å². The van der Waals surface area contributed by atoms with Gasteiger partial charge in [-0.3, -0.25) is 9.69 Å². The zero-order valence-corrected chi connectivity index (χ0v) is 16.4. The second-order valence-electron chi connectivity index (χ2n) is 7.52. The molecular formula is C19H20F6N2O4. The van der Waals surface area contributed by atoms with Gasteiger partial charge >= 0.3 is 18.3 Å². The smallest absolute Gasteiger partial charge is 0.416 e. The number of alkyl halides is 6. The van der Waals surface area contributed by atoms with E-state index >= 15 is 0 Å². The largest absolute Gasteiger partial charge is 0.480 e. The lowest BCUT2D eigenvalue weighted by molar-refractivity contribution is -0.145. The van der Waals surface area contributed by atoms with Crippen LogP contribution in [0, 0.1) is 0 Å². The predicted molar refractivity (Wildman–Crippen MR) is 94.1 cm³/mol. The highest BCUT2D eigenvalue weighted by atomic mass is 19.4. The molecule has 2 aliphatic heterocycles. The maximum atomic E-state index is 13.2. The number of hydrogen-bond acceptors (Lipinski definition) is 4. The van der Waals surface area contributed by atoms with E-state index in [1.54, 1.807) is 0 Å². The Kier molecular flexibility index (Phi) is 6.00. The minimum Gasteiger partial charge on any atom is -0.480 e. The number of nitrogens with zero attached hydrogens (tertiary/aromatic N) is 2. The number of benzene rings is 1. The number of aliphatic carboxylic acids is 1. The summed E-state index contributed by atoms with van der Waals surface area (Å²) in [6.07, 6.45) is -9.90. The van der Waals surface area contributed by atoms with E-state index in [-0.39, 0.29) is 18.9 Å². The fraction of sp³-hybridized carbons (Fsp3) is 0.579. The van der Waals surface area contributed by atoms with Crippen molar-refractivity contribution >= 4 is 11.9 Å². The van der Waals surface area contributed by atoms with Gasteiger partial charge in [0.2, 0.25) is 0 Å². The van der Waals surface area contributed by atoms with Gasteiger partial charge in [-0.1, -0.05) is 6.92 Å². The van der Waals surface area contributed by atoms with Gasteiger partial charge in [0, 0.05) is 31.5 Å². The third-order valence-electron chi connectivity index (χ3n) is 5.68. The Hall–Kier alpha value is -2.34. The molecule has 1 spiro atoms. The highest BCUT2D eigenvalue weighted by Crippen LogP contribution is 2.40. The van der Waals surface area contributed by atoms with Crippen molar-refractivity contribution in [3.8, 4) is 0 Å². The van der Waals surface area contributed by atoms with Crippen LogP contribution in [-0.4, -0.2) is 64.8 Å². The van der Waals surface area contributed by atoms with Crippen molar-refractivity contribution in [1.82, 2.24) is 9.80 Å². The van der Waals surface area contributed by atoms with Gasteiger partial charge in [0.05, 0.1) is 17.7 Å². The minimum atomic E-state index is -5.13. The molecule has 0 unspecified atom stereocenters. The van der Waals surface area contributed by atoms with Crippen LogP contribution in [0.5, 0.6) is 0 Å². The normalized spacial score (nSPS) is 22.2. The van der Waals surface area contributed by atoms with Crippen LogP contribution < -0.4 is 0 Å². The van der Waals surface area contributed by atoms with Crippen LogP contribution in [-0.2, 0) is 21.9 Å². The molecule has 2 saturated heterocycles. The Morgan fingerprint density at radius 2 is 1.58 bits per heavy atom. The fourth-order valence-electron chi connectivity index (χ4n) is 3.99. The second kappa shape index (κ2) is 7.97. The summed E-state index contributed by atoms with van der Waals surface area (Å²) in [6, 6.07) is -0.987. The maximum absolute atomic E-state index is 13.2. The topological polar surface area (TPSA) is 70.1 Å². The van der Waals surface area contributed by atoms with E-state index in [0.29, 0.717) is 31.8 Å². The number of halogens is 6. The van der Waals surface area contributed by atoms with Crippen LogP contribution in [0.4, 0.5) is 26.3 Å². The number of carboxylic acid groups (broad SMARTS) is 1. The van der Waals surface area contributed by atoms with Crippen LogP contribution in [0.3, 0.4) is 0 Å². The number of piperidine rings is 1. The molecule has 2 heterocycles. The van der Waals surface area contributed by atoms with Crippen molar-refractivity contribution in [2.24, 2.45) is 0 Å². The highest BCUT2D eigenvalue weighted by Gasteiger charge is 2.54. The maximum Gasteiger partial charge on any atom is 0.416 e. The Balaban J connectivity index is 2.07. The molecule has 0 aromatic heterocycles. The summed E-state index contributed by atoms with van der Waals surface area (Å²) < 4.78 is 84.8. The Bertz CT molecular complexity index is 830. The Labute approximate surface area is 173 Å². The van der Waals surface area contributed by atoms with Crippen LogP contribution in [0.15, 0.2) is 18.2 Å². The van der Waals surface area contributed by atoms with Gasteiger partial charge in [0.25, 0.3) is 5.91 Å². The third-order valence-corrected chi connectivity index (χ3v) is 5.68. The first-order valence-electron chi connectivity index (χ1n) is 9.51. The van der Waals surface area contributed by atoms with Gasteiger partial charge in [-0.2, -0.15) is 26.3 Å². The summed E-state index contributed by atoms with van der Waals surface area (Å²) in [5.74, 6) is -2.70. The van der Waals surface area contributed by atoms with Crippen LogP contribution in [0.2, 0.25) is 0 Å². The van der Waals surface area contributed by atoms with Crippen LogP contribution in [0.1, 0.15) is 41.3 Å². The predicted octanol–water partition coefficient (Wildman–Crippen LogP) is 3.46. The number of carboxylic acids is 1. The highest BCUT2D eigenvalue weighted by molar-refractivity contribution is 5.98. The second-order valence-corrected chi connectivity index (χ2v) is 7.52. The fourth-order valence-corrected chi connectivity index (χ4v) is 3.99. The molecule has 12 heteroatoms. The molecule has 2 fully saturated rings. The monoisotopic (exact) mass is 454 g/mol. The first kappa shape index (κ1) is 23.3. The number of rotatable bonds is 3. The van der Waals surface area contributed by atoms with Crippen molar-refractivity contribution in [2.45, 2.75) is 43.9 Å². The molecule has 0 bridgehead atoms. The van der Waals surface area contributed by atoms with Crippen molar-refractivity contribution < 1.29 is 45.8 Å². The van der Waals surface area contributed by atoms with Crippen LogP contribution >= 0.6 is 0 Å². The summed E-state index contributed by atoms with van der Waals surface area (Å²) in [5, 5.41) is 9.51. The third kappa shape index (κ3) is 4.49. The van der Waals surface area contributed by atoms with Gasteiger partial charge in [0.1, 0.15) is 5.72 Å². The van der Waals surface area contributed by atoms with Gasteiger partial charge in [-0.05, 0) is 24.7 Å². The molecule has 1 aromatic rings. The lowest BCUT2D eigenvalue weighted by Gasteiger charge is -2.44. The molecule has 1 aromatic carbocycles. The minimum absolute atomic E-state index is 0.0819. The molecule has 2 aliphatic rings. The van der Waals surface area contributed by atoms with E-state index in [4.69, 9.17) is 4.74 Å². The molecule has 1 amide bonds. The Morgan fingerprint density at radius 1 is 1.06 bits per heavy atom. The quantitative estimate of drug-likeness (QED) is 0.709. The average molecular weight is 454 g/mol. The van der Waals surface area contributed by atoms with E-state index in [1.807, 2.05) is 11.8 Å². The van der Waals surface area contributed by atoms with Crippen LogP contribution in [0.25, 0.3) is 0 Å². The van der Waals surface area contributed by atoms with Gasteiger partial charge in [0.15, 0.2) is 6.04 Å². The molecule has 3 rings (SSSR count). The number of carbonyl (C=O) groups is 2. The molecule has 1 atom stereocenters. The molecule has 172 valence electrons. The lowest BCUT2D eigenvalue weighted by atomic mass is 9.96. The number of carbonyl (C=O) groups excluding carboxylic acids is 1. The van der Waals surface area contributed by atoms with E-state index < -0.39 is 59.3 Å². The number of ether oxygens (including phenoxy) is 1. The number of hydrogen-bond donors (Lipinski definition) is 1. The summed E-state index contributed by atoms with van der Waals surface area (Å²) in [7, 11) is 0. The summed E-state index contributed by atoms with van der Waals surface area (Å²) >= 11 is 0. The summed E-state index contributed by atoms with van der Waals surface area (Å²) in [4.78, 5) is 27.7. The molecule has 0 saturated carbocycles. The lowest BCUT2D eigenvalue weighted by Crippen LogP contribution is -2.58. The van der Waals surface area contributed by atoms with Gasteiger partial charge < -0.3 is 14.7 Å². The SMILES string of the molecule is CCN1CCC2(CC1)OC[C@H](C(=O)O)N2C(=O)c1cc(C(F)(F)F)cc(C(F)(F)F)c1. The molecule has 1 N–H and O–H groups in total. The molecule has 6 nitrogen and oxygen atoms in total. The molecular weight excluding hydrogens is 434 g/mol.